The van der Waals surface area contributed by atoms with Gasteiger partial charge in [-0.1, -0.05) is 37.6 Å². The van der Waals surface area contributed by atoms with E-state index in [1.165, 1.54) is 0 Å². The summed E-state index contributed by atoms with van der Waals surface area (Å²) in [5.74, 6) is 1.36. The Morgan fingerprint density at radius 2 is 2.04 bits per heavy atom. The summed E-state index contributed by atoms with van der Waals surface area (Å²) in [5.41, 5.74) is 3.50. The molecule has 6 heteroatoms. The van der Waals surface area contributed by atoms with E-state index in [-0.39, 0.29) is 6.03 Å². The number of anilines is 1. The van der Waals surface area contributed by atoms with Crippen LogP contribution in [0.1, 0.15) is 31.2 Å². The first-order valence-electron chi connectivity index (χ1n) is 8.88. The lowest BCUT2D eigenvalue weighted by atomic mass is 10.2. The Hall–Kier alpha value is -3.02. The zero-order valence-corrected chi connectivity index (χ0v) is 15.1. The molecule has 0 aliphatic carbocycles. The number of nitrogens with zero attached hydrogens (tertiary/aromatic N) is 1. The molecule has 3 N–H and O–H groups in total. The summed E-state index contributed by atoms with van der Waals surface area (Å²) in [5, 5.41) is 5.75. The van der Waals surface area contributed by atoms with Crippen molar-refractivity contribution in [2.45, 2.75) is 33.3 Å². The highest BCUT2D eigenvalue weighted by atomic mass is 16.5. The van der Waals surface area contributed by atoms with E-state index in [4.69, 9.17) is 4.74 Å². The number of ether oxygens (including phenoxy) is 1. The molecular formula is C20H24N4O2. The Morgan fingerprint density at radius 1 is 1.19 bits per heavy atom. The molecule has 6 nitrogen and oxygen atoms in total. The third kappa shape index (κ3) is 4.33. The fourth-order valence-electron chi connectivity index (χ4n) is 2.68. The number of carbonyl (C=O) groups excluding carboxylic acids is 1. The number of carbonyl (C=O) groups is 1. The molecule has 0 saturated carbocycles. The monoisotopic (exact) mass is 352 g/mol. The Balaban J connectivity index is 1.69. The highest BCUT2D eigenvalue weighted by molar-refractivity contribution is 5.91. The van der Waals surface area contributed by atoms with E-state index in [1.54, 1.807) is 0 Å². The molecule has 26 heavy (non-hydrogen) atoms. The number of amides is 2. The number of imidazole rings is 1. The molecular weight excluding hydrogens is 328 g/mol. The van der Waals surface area contributed by atoms with Crippen LogP contribution in [0.3, 0.4) is 0 Å². The second-order valence-corrected chi connectivity index (χ2v) is 6.17. The van der Waals surface area contributed by atoms with Crippen LogP contribution in [-0.4, -0.2) is 22.5 Å². The van der Waals surface area contributed by atoms with Crippen LogP contribution in [-0.2, 0) is 6.61 Å². The number of benzene rings is 2. The minimum atomic E-state index is -0.221. The van der Waals surface area contributed by atoms with E-state index in [1.807, 2.05) is 49.4 Å². The van der Waals surface area contributed by atoms with Crippen LogP contribution in [0.4, 0.5) is 10.5 Å². The average Bonchev–Trinajstić information content (AvgIpc) is 3.05. The summed E-state index contributed by atoms with van der Waals surface area (Å²) in [6, 6.07) is 13.3. The molecule has 1 aromatic heterocycles. The minimum Gasteiger partial charge on any atom is -0.483 e. The summed E-state index contributed by atoms with van der Waals surface area (Å²) in [7, 11) is 0. The van der Waals surface area contributed by atoms with Crippen LogP contribution in [0.5, 0.6) is 5.75 Å². The summed E-state index contributed by atoms with van der Waals surface area (Å²) in [4.78, 5) is 19.8. The molecule has 3 aromatic rings. The fraction of sp³-hybridized carbons (Fsp3) is 0.300. The smallest absolute Gasteiger partial charge is 0.319 e. The summed E-state index contributed by atoms with van der Waals surface area (Å²) in [6.07, 6.45) is 1.99. The lowest BCUT2D eigenvalue weighted by Crippen LogP contribution is -2.29. The topological polar surface area (TPSA) is 79.0 Å². The maximum absolute atomic E-state index is 12.1. The Morgan fingerprint density at radius 3 is 2.85 bits per heavy atom. The molecule has 0 spiro atoms. The maximum atomic E-state index is 12.1. The third-order valence-electron chi connectivity index (χ3n) is 4.09. The van der Waals surface area contributed by atoms with Crippen molar-refractivity contribution < 1.29 is 9.53 Å². The van der Waals surface area contributed by atoms with Gasteiger partial charge in [-0.15, -0.1) is 0 Å². The van der Waals surface area contributed by atoms with E-state index in [2.05, 4.69) is 27.5 Å². The molecule has 0 unspecified atom stereocenters. The van der Waals surface area contributed by atoms with Crippen LogP contribution in [0, 0.1) is 6.92 Å². The minimum absolute atomic E-state index is 0.221. The molecule has 2 aromatic carbocycles. The lowest BCUT2D eigenvalue weighted by Gasteiger charge is -2.15. The van der Waals surface area contributed by atoms with Gasteiger partial charge in [0.15, 0.2) is 0 Å². The van der Waals surface area contributed by atoms with Crippen molar-refractivity contribution in [2.24, 2.45) is 0 Å². The molecule has 0 saturated heterocycles. The SMILES string of the molecule is CCCCNC(=O)Nc1c(C)cccc1OCc1nc2ccccc2[nH]1. The number of aromatic amines is 1. The molecule has 0 bridgehead atoms. The van der Waals surface area contributed by atoms with Crippen molar-refractivity contribution in [1.82, 2.24) is 15.3 Å². The highest BCUT2D eigenvalue weighted by Gasteiger charge is 2.11. The number of H-pyrrole nitrogens is 1. The first kappa shape index (κ1) is 17.8. The highest BCUT2D eigenvalue weighted by Crippen LogP contribution is 2.28. The molecule has 3 rings (SSSR count). The molecule has 0 fully saturated rings. The number of aromatic nitrogens is 2. The molecule has 136 valence electrons. The first-order valence-corrected chi connectivity index (χ1v) is 8.88. The van der Waals surface area contributed by atoms with Crippen LogP contribution >= 0.6 is 0 Å². The van der Waals surface area contributed by atoms with Crippen molar-refractivity contribution in [2.75, 3.05) is 11.9 Å². The lowest BCUT2D eigenvalue weighted by molar-refractivity contribution is 0.251. The van der Waals surface area contributed by atoms with Gasteiger partial charge in [0, 0.05) is 6.54 Å². The number of rotatable bonds is 7. The predicted octanol–water partition coefficient (Wildman–Crippen LogP) is 4.37. The van der Waals surface area contributed by atoms with Crippen LogP contribution in [0.25, 0.3) is 11.0 Å². The summed E-state index contributed by atoms with van der Waals surface area (Å²) >= 11 is 0. The normalized spacial score (nSPS) is 10.7. The predicted molar refractivity (Wildman–Crippen MR) is 104 cm³/mol. The van der Waals surface area contributed by atoms with E-state index in [0.29, 0.717) is 24.6 Å². The van der Waals surface area contributed by atoms with Gasteiger partial charge in [0.2, 0.25) is 0 Å². The van der Waals surface area contributed by atoms with Crippen molar-refractivity contribution in [3.8, 4) is 5.75 Å². The molecule has 0 atom stereocenters. The quantitative estimate of drug-likeness (QED) is 0.552. The number of aryl methyl sites for hydroxylation is 1. The number of fused-ring (bicyclic) bond motifs is 1. The molecule has 1 heterocycles. The first-order chi connectivity index (χ1) is 12.7. The Kier molecular flexibility index (Phi) is 5.73. The van der Waals surface area contributed by atoms with E-state index >= 15 is 0 Å². The van der Waals surface area contributed by atoms with Gasteiger partial charge in [-0.25, -0.2) is 9.78 Å². The van der Waals surface area contributed by atoms with Gasteiger partial charge in [0.1, 0.15) is 18.2 Å². The fourth-order valence-corrected chi connectivity index (χ4v) is 2.68. The second-order valence-electron chi connectivity index (χ2n) is 6.17. The zero-order chi connectivity index (χ0) is 18.4. The summed E-state index contributed by atoms with van der Waals surface area (Å²) in [6.45, 7) is 4.98. The van der Waals surface area contributed by atoms with Gasteiger partial charge in [-0.3, -0.25) is 0 Å². The number of unbranched alkanes of at least 4 members (excludes halogenated alkanes) is 1. The van der Waals surface area contributed by atoms with Crippen molar-refractivity contribution >= 4 is 22.8 Å². The third-order valence-corrected chi connectivity index (χ3v) is 4.09. The largest absolute Gasteiger partial charge is 0.483 e. The van der Waals surface area contributed by atoms with Gasteiger partial charge in [-0.05, 0) is 37.1 Å². The van der Waals surface area contributed by atoms with Crippen LogP contribution < -0.4 is 15.4 Å². The average molecular weight is 352 g/mol. The van der Waals surface area contributed by atoms with Crippen LogP contribution in [0.15, 0.2) is 42.5 Å². The number of para-hydroxylation sites is 3. The van der Waals surface area contributed by atoms with Gasteiger partial charge in [0.05, 0.1) is 16.7 Å². The number of hydrogen-bond donors (Lipinski definition) is 3. The van der Waals surface area contributed by atoms with Gasteiger partial charge in [-0.2, -0.15) is 0 Å². The van der Waals surface area contributed by atoms with Gasteiger partial charge >= 0.3 is 6.03 Å². The number of hydrogen-bond acceptors (Lipinski definition) is 3. The number of urea groups is 1. The van der Waals surface area contributed by atoms with Gasteiger partial charge < -0.3 is 20.4 Å². The van der Waals surface area contributed by atoms with E-state index in [0.717, 1.165) is 35.3 Å². The Labute approximate surface area is 153 Å². The van der Waals surface area contributed by atoms with Crippen LogP contribution in [0.2, 0.25) is 0 Å². The zero-order valence-electron chi connectivity index (χ0n) is 15.1. The molecule has 0 aliphatic heterocycles. The van der Waals surface area contributed by atoms with Crippen molar-refractivity contribution in [3.63, 3.8) is 0 Å². The Bertz CT molecular complexity index is 855. The maximum Gasteiger partial charge on any atom is 0.319 e. The van der Waals surface area contributed by atoms with E-state index < -0.39 is 0 Å². The van der Waals surface area contributed by atoms with Gasteiger partial charge in [0.25, 0.3) is 0 Å². The standard InChI is InChI=1S/C20H24N4O2/c1-3-4-12-21-20(25)24-19-14(2)8-7-11-17(19)26-13-18-22-15-9-5-6-10-16(15)23-18/h5-11H,3-4,12-13H2,1-2H3,(H,22,23)(H2,21,24,25). The molecule has 2 amide bonds. The van der Waals surface area contributed by atoms with Crippen molar-refractivity contribution in [3.05, 3.63) is 53.9 Å². The van der Waals surface area contributed by atoms with Crippen molar-refractivity contribution in [1.29, 1.82) is 0 Å². The number of nitrogens with one attached hydrogen (secondary N) is 3. The molecule has 0 aliphatic rings. The second kappa shape index (κ2) is 8.38. The molecule has 0 radical (unpaired) electrons. The summed E-state index contributed by atoms with van der Waals surface area (Å²) < 4.78 is 5.92. The van der Waals surface area contributed by atoms with E-state index in [9.17, 15) is 4.79 Å².